The van der Waals surface area contributed by atoms with Gasteiger partial charge in [0, 0.05) is 26.2 Å². The van der Waals surface area contributed by atoms with Crippen LogP contribution in [0.5, 0.6) is 0 Å². The molecular weight excluding hydrogens is 268 g/mol. The van der Waals surface area contributed by atoms with E-state index in [1.165, 1.54) is 8.61 Å². The van der Waals surface area contributed by atoms with Crippen molar-refractivity contribution in [1.82, 2.24) is 8.61 Å². The Morgan fingerprint density at radius 2 is 1.84 bits per heavy atom. The first kappa shape index (κ1) is 16.4. The van der Waals surface area contributed by atoms with Gasteiger partial charge in [-0.05, 0) is 26.2 Å². The number of carboxylic acids is 1. The van der Waals surface area contributed by atoms with Crippen LogP contribution in [0.15, 0.2) is 0 Å². The standard InChI is InChI=1S/C12H24N2O4S/c1-4-7-13(8-5-2)19(17,18)14-9-6-12(3,10-14)11(15)16/h4-10H2,1-3H3,(H,15,16). The van der Waals surface area contributed by atoms with Gasteiger partial charge in [-0.3, -0.25) is 4.79 Å². The van der Waals surface area contributed by atoms with Crippen molar-refractivity contribution in [3.05, 3.63) is 0 Å². The summed E-state index contributed by atoms with van der Waals surface area (Å²) in [6, 6.07) is 0. The molecule has 0 aromatic heterocycles. The van der Waals surface area contributed by atoms with Crippen molar-refractivity contribution in [3.8, 4) is 0 Å². The van der Waals surface area contributed by atoms with Crippen LogP contribution < -0.4 is 0 Å². The summed E-state index contributed by atoms with van der Waals surface area (Å²) in [6.07, 6.45) is 1.88. The Morgan fingerprint density at radius 3 is 2.21 bits per heavy atom. The van der Waals surface area contributed by atoms with Gasteiger partial charge < -0.3 is 5.11 Å². The minimum atomic E-state index is -3.53. The Kier molecular flexibility index (Phi) is 5.34. The van der Waals surface area contributed by atoms with Gasteiger partial charge in [0.1, 0.15) is 0 Å². The van der Waals surface area contributed by atoms with Crippen molar-refractivity contribution in [2.24, 2.45) is 5.41 Å². The molecule has 0 spiro atoms. The first-order valence-corrected chi connectivity index (χ1v) is 8.16. The van der Waals surface area contributed by atoms with Gasteiger partial charge in [0.15, 0.2) is 0 Å². The minimum Gasteiger partial charge on any atom is -0.481 e. The highest BCUT2D eigenvalue weighted by Gasteiger charge is 2.45. The summed E-state index contributed by atoms with van der Waals surface area (Å²) in [6.45, 7) is 6.79. The highest BCUT2D eigenvalue weighted by Crippen LogP contribution is 2.32. The molecule has 112 valence electrons. The van der Waals surface area contributed by atoms with E-state index in [9.17, 15) is 13.2 Å². The highest BCUT2D eigenvalue weighted by atomic mass is 32.2. The van der Waals surface area contributed by atoms with E-state index < -0.39 is 21.6 Å². The zero-order valence-corrected chi connectivity index (χ0v) is 12.7. The van der Waals surface area contributed by atoms with E-state index in [0.29, 0.717) is 19.5 Å². The number of nitrogens with zero attached hydrogens (tertiary/aromatic N) is 2. The molecule has 0 radical (unpaired) electrons. The number of hydrogen-bond donors (Lipinski definition) is 1. The Labute approximate surface area is 115 Å². The lowest BCUT2D eigenvalue weighted by atomic mass is 9.90. The summed E-state index contributed by atoms with van der Waals surface area (Å²) in [5.41, 5.74) is -0.961. The Morgan fingerprint density at radius 1 is 1.32 bits per heavy atom. The van der Waals surface area contributed by atoms with Crippen molar-refractivity contribution < 1.29 is 18.3 Å². The molecule has 6 nitrogen and oxygen atoms in total. The van der Waals surface area contributed by atoms with E-state index >= 15 is 0 Å². The fraction of sp³-hybridized carbons (Fsp3) is 0.917. The second-order valence-electron chi connectivity index (χ2n) is 5.36. The molecule has 0 saturated carbocycles. The molecule has 1 fully saturated rings. The lowest BCUT2D eigenvalue weighted by Crippen LogP contribution is -2.44. The van der Waals surface area contributed by atoms with Crippen LogP contribution in [0.4, 0.5) is 0 Å². The summed E-state index contributed by atoms with van der Waals surface area (Å²) < 4.78 is 27.7. The summed E-state index contributed by atoms with van der Waals surface area (Å²) in [5, 5.41) is 9.17. The molecule has 7 heteroatoms. The maximum absolute atomic E-state index is 12.5. The van der Waals surface area contributed by atoms with E-state index in [0.717, 1.165) is 12.8 Å². The monoisotopic (exact) mass is 292 g/mol. The van der Waals surface area contributed by atoms with E-state index in [1.54, 1.807) is 6.92 Å². The smallest absolute Gasteiger partial charge is 0.310 e. The maximum atomic E-state index is 12.5. The lowest BCUT2D eigenvalue weighted by molar-refractivity contribution is -0.146. The normalized spacial score (nSPS) is 25.1. The molecule has 1 aliphatic heterocycles. The molecule has 1 N–H and O–H groups in total. The van der Waals surface area contributed by atoms with Crippen LogP contribution in [0.25, 0.3) is 0 Å². The first-order chi connectivity index (χ1) is 8.78. The van der Waals surface area contributed by atoms with Gasteiger partial charge in [-0.2, -0.15) is 17.0 Å². The molecule has 0 aromatic rings. The number of carbonyl (C=O) groups is 1. The van der Waals surface area contributed by atoms with Gasteiger partial charge in [0.05, 0.1) is 5.41 Å². The van der Waals surface area contributed by atoms with Crippen LogP contribution in [0.3, 0.4) is 0 Å². The third kappa shape index (κ3) is 3.46. The Hall–Kier alpha value is -0.660. The number of rotatable bonds is 7. The van der Waals surface area contributed by atoms with Crippen molar-refractivity contribution in [3.63, 3.8) is 0 Å². The fourth-order valence-electron chi connectivity index (χ4n) is 2.29. The quantitative estimate of drug-likeness (QED) is 0.763. The molecule has 1 unspecified atom stereocenters. The maximum Gasteiger partial charge on any atom is 0.310 e. The Bertz CT molecular complexity index is 417. The van der Waals surface area contributed by atoms with Crippen LogP contribution >= 0.6 is 0 Å². The summed E-state index contributed by atoms with van der Waals surface area (Å²) in [5.74, 6) is -0.928. The topological polar surface area (TPSA) is 77.9 Å². The largest absolute Gasteiger partial charge is 0.481 e. The third-order valence-electron chi connectivity index (χ3n) is 3.55. The number of carboxylic acid groups (broad SMARTS) is 1. The van der Waals surface area contributed by atoms with Gasteiger partial charge in [0.25, 0.3) is 10.2 Å². The van der Waals surface area contributed by atoms with E-state index in [2.05, 4.69) is 0 Å². The predicted molar refractivity (Wildman–Crippen MR) is 73.0 cm³/mol. The van der Waals surface area contributed by atoms with Crippen LogP contribution in [0.1, 0.15) is 40.0 Å². The van der Waals surface area contributed by atoms with Gasteiger partial charge >= 0.3 is 5.97 Å². The van der Waals surface area contributed by atoms with Gasteiger partial charge in [0.2, 0.25) is 0 Å². The molecule has 1 heterocycles. The first-order valence-electron chi connectivity index (χ1n) is 6.76. The van der Waals surface area contributed by atoms with E-state index in [1.807, 2.05) is 13.8 Å². The third-order valence-corrected chi connectivity index (χ3v) is 5.54. The summed E-state index contributed by atoms with van der Waals surface area (Å²) in [7, 11) is -3.53. The van der Waals surface area contributed by atoms with Crippen LogP contribution in [0, 0.1) is 5.41 Å². The molecule has 0 bridgehead atoms. The average Bonchev–Trinajstić information content (AvgIpc) is 2.74. The molecule has 1 saturated heterocycles. The average molecular weight is 292 g/mol. The lowest BCUT2D eigenvalue weighted by Gasteiger charge is -2.27. The molecule has 19 heavy (non-hydrogen) atoms. The Balaban J connectivity index is 2.86. The van der Waals surface area contributed by atoms with Gasteiger partial charge in [-0.15, -0.1) is 0 Å². The van der Waals surface area contributed by atoms with Crippen molar-refractivity contribution >= 4 is 16.2 Å². The second-order valence-corrected chi connectivity index (χ2v) is 7.28. The molecule has 0 aromatic carbocycles. The van der Waals surface area contributed by atoms with Crippen molar-refractivity contribution in [2.45, 2.75) is 40.0 Å². The van der Waals surface area contributed by atoms with Crippen molar-refractivity contribution in [1.29, 1.82) is 0 Å². The summed E-state index contributed by atoms with van der Waals surface area (Å²) in [4.78, 5) is 11.2. The van der Waals surface area contributed by atoms with Gasteiger partial charge in [-0.1, -0.05) is 13.8 Å². The van der Waals surface area contributed by atoms with Crippen LogP contribution in [0.2, 0.25) is 0 Å². The van der Waals surface area contributed by atoms with Crippen LogP contribution in [-0.2, 0) is 15.0 Å². The summed E-state index contributed by atoms with van der Waals surface area (Å²) >= 11 is 0. The second kappa shape index (κ2) is 6.19. The molecule has 1 atom stereocenters. The zero-order valence-electron chi connectivity index (χ0n) is 11.9. The zero-order chi connectivity index (χ0) is 14.7. The molecular formula is C12H24N2O4S. The minimum absolute atomic E-state index is 0.0641. The van der Waals surface area contributed by atoms with E-state index in [-0.39, 0.29) is 13.1 Å². The molecule has 0 aliphatic carbocycles. The number of hydrogen-bond acceptors (Lipinski definition) is 3. The fourth-order valence-corrected chi connectivity index (χ4v) is 4.22. The predicted octanol–water partition coefficient (Wildman–Crippen LogP) is 1.15. The van der Waals surface area contributed by atoms with Crippen molar-refractivity contribution in [2.75, 3.05) is 26.2 Å². The van der Waals surface area contributed by atoms with Crippen LogP contribution in [-0.4, -0.2) is 54.3 Å². The van der Waals surface area contributed by atoms with E-state index in [4.69, 9.17) is 5.11 Å². The van der Waals surface area contributed by atoms with Gasteiger partial charge in [-0.25, -0.2) is 0 Å². The molecule has 0 amide bonds. The molecule has 1 rings (SSSR count). The SMILES string of the molecule is CCCN(CCC)S(=O)(=O)N1CCC(C)(C(=O)O)C1. The highest BCUT2D eigenvalue weighted by molar-refractivity contribution is 7.86. The molecule has 1 aliphatic rings. The number of aliphatic carboxylic acids is 1.